The van der Waals surface area contributed by atoms with Crippen molar-refractivity contribution in [3.8, 4) is 0 Å². The van der Waals surface area contributed by atoms with Crippen molar-refractivity contribution in [1.29, 1.82) is 0 Å². The number of nitrogens with one attached hydrogen (secondary N) is 1. The van der Waals surface area contributed by atoms with Gasteiger partial charge in [0.05, 0.1) is 35.3 Å². The number of anilines is 1. The maximum Gasteiger partial charge on any atom is 0.416 e. The zero-order valence-electron chi connectivity index (χ0n) is 15.4. The number of H-pyrrole nitrogens is 1. The van der Waals surface area contributed by atoms with Crippen molar-refractivity contribution in [2.45, 2.75) is 39.0 Å². The Kier molecular flexibility index (Phi) is 4.71. The molecule has 0 amide bonds. The Morgan fingerprint density at radius 2 is 1.93 bits per heavy atom. The van der Waals surface area contributed by atoms with E-state index in [4.69, 9.17) is 0 Å². The van der Waals surface area contributed by atoms with Crippen LogP contribution >= 0.6 is 0 Å². The Balaban J connectivity index is 2.36. The lowest BCUT2D eigenvalue weighted by atomic mass is 10.1. The summed E-state index contributed by atoms with van der Waals surface area (Å²) in [6.07, 6.45) is -1.53. The van der Waals surface area contributed by atoms with Gasteiger partial charge in [-0.2, -0.15) is 18.2 Å². The summed E-state index contributed by atoms with van der Waals surface area (Å²) in [5.74, 6) is 0.354. The van der Waals surface area contributed by atoms with Crippen LogP contribution in [0.5, 0.6) is 0 Å². The van der Waals surface area contributed by atoms with E-state index in [0.29, 0.717) is 16.9 Å². The Labute approximate surface area is 153 Å². The van der Waals surface area contributed by atoms with Crippen LogP contribution in [0.15, 0.2) is 35.5 Å². The molecular weight excluding hydrogens is 359 g/mol. The number of aromatic nitrogens is 4. The second kappa shape index (κ2) is 6.71. The molecule has 3 rings (SSSR count). The first-order valence-electron chi connectivity index (χ1n) is 8.46. The lowest BCUT2D eigenvalue weighted by molar-refractivity contribution is -0.137. The summed E-state index contributed by atoms with van der Waals surface area (Å²) >= 11 is 0. The van der Waals surface area contributed by atoms with Crippen molar-refractivity contribution in [3.63, 3.8) is 0 Å². The van der Waals surface area contributed by atoms with Gasteiger partial charge >= 0.3 is 11.9 Å². The molecule has 0 spiro atoms. The molecule has 0 unspecified atom stereocenters. The van der Waals surface area contributed by atoms with Gasteiger partial charge in [-0.25, -0.2) is 9.78 Å². The van der Waals surface area contributed by atoms with E-state index in [1.807, 2.05) is 13.8 Å². The number of halogens is 3. The summed E-state index contributed by atoms with van der Waals surface area (Å²) in [6, 6.07) is 2.84. The molecule has 0 aliphatic rings. The van der Waals surface area contributed by atoms with Crippen LogP contribution in [0.1, 0.15) is 38.1 Å². The summed E-state index contributed by atoms with van der Waals surface area (Å²) in [6.45, 7) is 5.54. The summed E-state index contributed by atoms with van der Waals surface area (Å²) in [5.41, 5.74) is -0.660. The molecule has 2 aromatic heterocycles. The molecule has 9 heteroatoms. The van der Waals surface area contributed by atoms with Gasteiger partial charge in [0.1, 0.15) is 5.82 Å². The lowest BCUT2D eigenvalue weighted by Gasteiger charge is -2.26. The van der Waals surface area contributed by atoms with E-state index in [-0.39, 0.29) is 11.6 Å². The molecule has 1 aromatic carbocycles. The van der Waals surface area contributed by atoms with Crippen LogP contribution in [0.3, 0.4) is 0 Å². The summed E-state index contributed by atoms with van der Waals surface area (Å²) in [5, 5.41) is 0.477. The monoisotopic (exact) mass is 379 g/mol. The van der Waals surface area contributed by atoms with Crippen LogP contribution < -0.4 is 10.6 Å². The number of benzene rings is 1. The Hall–Kier alpha value is -2.84. The highest BCUT2D eigenvalue weighted by molar-refractivity contribution is 5.90. The molecule has 0 fully saturated rings. The van der Waals surface area contributed by atoms with E-state index in [0.717, 1.165) is 12.1 Å². The van der Waals surface area contributed by atoms with E-state index in [1.165, 1.54) is 23.2 Å². The summed E-state index contributed by atoms with van der Waals surface area (Å²) in [4.78, 5) is 25.5. The van der Waals surface area contributed by atoms with E-state index in [9.17, 15) is 18.0 Å². The minimum absolute atomic E-state index is 0.0169. The topological polar surface area (TPSA) is 66.8 Å². The van der Waals surface area contributed by atoms with E-state index < -0.39 is 23.5 Å². The van der Waals surface area contributed by atoms with Gasteiger partial charge in [0, 0.05) is 18.5 Å². The second-order valence-corrected chi connectivity index (χ2v) is 6.71. The highest BCUT2D eigenvalue weighted by Gasteiger charge is 2.32. The highest BCUT2D eigenvalue weighted by Crippen LogP contribution is 2.34. The molecule has 0 aliphatic heterocycles. The first kappa shape index (κ1) is 18.9. The predicted octanol–water partition coefficient (Wildman–Crippen LogP) is 3.59. The number of fused-ring (bicyclic) bond motifs is 1. The van der Waals surface area contributed by atoms with E-state index in [1.54, 1.807) is 18.9 Å². The molecule has 144 valence electrons. The predicted molar refractivity (Wildman–Crippen MR) is 96.9 cm³/mol. The first-order chi connectivity index (χ1) is 12.6. The maximum absolute atomic E-state index is 13.3. The SMILES string of the molecule is CC(C)N(C)c1nc(=O)n([C@H](C)c2cnc[nH]2)c2cc(C(F)(F)F)ccc12. The van der Waals surface area contributed by atoms with Gasteiger partial charge in [-0.1, -0.05) is 0 Å². The van der Waals surface area contributed by atoms with Crippen LogP contribution in [0, 0.1) is 0 Å². The molecule has 0 aliphatic carbocycles. The van der Waals surface area contributed by atoms with E-state index in [2.05, 4.69) is 15.0 Å². The van der Waals surface area contributed by atoms with Gasteiger partial charge in [-0.05, 0) is 39.0 Å². The summed E-state index contributed by atoms with van der Waals surface area (Å²) in [7, 11) is 1.76. The van der Waals surface area contributed by atoms with Crippen LogP contribution in [0.25, 0.3) is 10.9 Å². The quantitative estimate of drug-likeness (QED) is 0.752. The fraction of sp³-hybridized carbons (Fsp3) is 0.389. The molecule has 0 radical (unpaired) electrons. The molecular formula is C18H20F3N5O. The average Bonchev–Trinajstić information content (AvgIpc) is 3.13. The number of hydrogen-bond donors (Lipinski definition) is 1. The lowest BCUT2D eigenvalue weighted by Crippen LogP contribution is -2.33. The van der Waals surface area contributed by atoms with Gasteiger partial charge < -0.3 is 9.88 Å². The molecule has 2 heterocycles. The minimum atomic E-state index is -4.51. The zero-order chi connectivity index (χ0) is 19.9. The van der Waals surface area contributed by atoms with Crippen molar-refractivity contribution < 1.29 is 13.2 Å². The smallest absolute Gasteiger partial charge is 0.357 e. The number of hydrogen-bond acceptors (Lipinski definition) is 4. The van der Waals surface area contributed by atoms with Crippen molar-refractivity contribution in [1.82, 2.24) is 19.5 Å². The number of aromatic amines is 1. The molecule has 1 atom stereocenters. The number of alkyl halides is 3. The van der Waals surface area contributed by atoms with Crippen molar-refractivity contribution in [2.75, 3.05) is 11.9 Å². The third kappa shape index (κ3) is 3.41. The fourth-order valence-corrected chi connectivity index (χ4v) is 2.93. The average molecular weight is 379 g/mol. The van der Waals surface area contributed by atoms with Crippen LogP contribution in [-0.2, 0) is 6.18 Å². The highest BCUT2D eigenvalue weighted by atomic mass is 19.4. The van der Waals surface area contributed by atoms with Crippen molar-refractivity contribution >= 4 is 16.7 Å². The van der Waals surface area contributed by atoms with Crippen molar-refractivity contribution in [2.24, 2.45) is 0 Å². The largest absolute Gasteiger partial charge is 0.416 e. The Morgan fingerprint density at radius 1 is 1.22 bits per heavy atom. The second-order valence-electron chi connectivity index (χ2n) is 6.71. The molecule has 27 heavy (non-hydrogen) atoms. The first-order valence-corrected chi connectivity index (χ1v) is 8.46. The molecule has 0 saturated carbocycles. The van der Waals surface area contributed by atoms with Gasteiger partial charge in [0.25, 0.3) is 0 Å². The third-order valence-electron chi connectivity index (χ3n) is 4.70. The fourth-order valence-electron chi connectivity index (χ4n) is 2.93. The van der Waals surface area contributed by atoms with Crippen LogP contribution in [0.4, 0.5) is 19.0 Å². The molecule has 6 nitrogen and oxygen atoms in total. The normalized spacial score (nSPS) is 13.3. The summed E-state index contributed by atoms with van der Waals surface area (Å²) < 4.78 is 41.1. The van der Waals surface area contributed by atoms with Gasteiger partial charge in [-0.15, -0.1) is 0 Å². The molecule has 3 aromatic rings. The number of rotatable bonds is 4. The Bertz CT molecular complexity index is 1010. The third-order valence-corrected chi connectivity index (χ3v) is 4.70. The van der Waals surface area contributed by atoms with Gasteiger partial charge in [0.15, 0.2) is 0 Å². The molecule has 1 N–H and O–H groups in total. The molecule has 0 bridgehead atoms. The zero-order valence-corrected chi connectivity index (χ0v) is 15.4. The van der Waals surface area contributed by atoms with Gasteiger partial charge in [-0.3, -0.25) is 4.57 Å². The molecule has 0 saturated heterocycles. The van der Waals surface area contributed by atoms with E-state index >= 15 is 0 Å². The Morgan fingerprint density at radius 3 is 2.48 bits per heavy atom. The minimum Gasteiger partial charge on any atom is -0.357 e. The van der Waals surface area contributed by atoms with Crippen molar-refractivity contribution in [3.05, 3.63) is 52.5 Å². The van der Waals surface area contributed by atoms with Gasteiger partial charge in [0.2, 0.25) is 0 Å². The van der Waals surface area contributed by atoms with Crippen LogP contribution in [-0.4, -0.2) is 32.6 Å². The van der Waals surface area contributed by atoms with Crippen LogP contribution in [0.2, 0.25) is 0 Å². The standard InChI is InChI=1S/C18H20F3N5O/c1-10(2)25(4)16-13-6-5-12(18(19,20)21)7-15(13)26(17(27)24-16)11(3)14-8-22-9-23-14/h5-11H,1-4H3,(H,22,23)/t11-/m1/s1. The maximum atomic E-state index is 13.3. The number of nitrogens with zero attached hydrogens (tertiary/aromatic N) is 4. The number of imidazole rings is 1.